The largest absolute Gasteiger partial charge is 0.260 e. The van der Waals surface area contributed by atoms with Crippen molar-refractivity contribution in [2.75, 3.05) is 0 Å². The van der Waals surface area contributed by atoms with Crippen LogP contribution in [0.1, 0.15) is 27.2 Å². The van der Waals surface area contributed by atoms with Gasteiger partial charge in [0.15, 0.2) is 5.15 Å². The monoisotopic (exact) mass is 260 g/mol. The molecule has 2 heterocycles. The highest BCUT2D eigenvalue weighted by Crippen LogP contribution is 2.21. The van der Waals surface area contributed by atoms with Gasteiger partial charge in [-0.25, -0.2) is 9.97 Å². The molecule has 0 aliphatic rings. The van der Waals surface area contributed by atoms with E-state index in [0.29, 0.717) is 10.7 Å². The Morgan fingerprint density at radius 2 is 1.94 bits per heavy atom. The van der Waals surface area contributed by atoms with Crippen LogP contribution >= 0.6 is 23.2 Å². The standard InChI is InChI=1S/C8H8Cl2N4.C2H6/c1-2-3-14-6-5(4-11-14)12-8(10)13-7(6)9;1-2/h4H,2-3H2,1H3;1-2H3. The second-order valence-electron chi connectivity index (χ2n) is 2.89. The van der Waals surface area contributed by atoms with Gasteiger partial charge in [-0.2, -0.15) is 5.10 Å². The fourth-order valence-corrected chi connectivity index (χ4v) is 1.80. The normalized spacial score (nSPS) is 10.1. The highest BCUT2D eigenvalue weighted by atomic mass is 35.5. The number of aromatic nitrogens is 4. The molecular weight excluding hydrogens is 247 g/mol. The molecule has 0 bridgehead atoms. The zero-order valence-corrected chi connectivity index (χ0v) is 11.0. The third kappa shape index (κ3) is 2.62. The van der Waals surface area contributed by atoms with Crippen molar-refractivity contribution < 1.29 is 0 Å². The first-order valence-electron chi connectivity index (χ1n) is 5.27. The summed E-state index contributed by atoms with van der Waals surface area (Å²) in [5.74, 6) is 0. The number of halogens is 2. The predicted molar refractivity (Wildman–Crippen MR) is 67.0 cm³/mol. The van der Waals surface area contributed by atoms with E-state index in [2.05, 4.69) is 22.0 Å². The van der Waals surface area contributed by atoms with Crippen molar-refractivity contribution in [3.8, 4) is 0 Å². The molecule has 0 aliphatic carbocycles. The molecule has 88 valence electrons. The molecule has 0 saturated heterocycles. The maximum atomic E-state index is 5.95. The van der Waals surface area contributed by atoms with Gasteiger partial charge in [0.05, 0.1) is 6.20 Å². The molecular formula is C10H14Cl2N4. The summed E-state index contributed by atoms with van der Waals surface area (Å²) in [4.78, 5) is 7.90. The van der Waals surface area contributed by atoms with Crippen LogP contribution in [0.25, 0.3) is 11.0 Å². The maximum Gasteiger partial charge on any atom is 0.224 e. The molecule has 2 rings (SSSR count). The summed E-state index contributed by atoms with van der Waals surface area (Å²) in [6, 6.07) is 0. The zero-order chi connectivity index (χ0) is 12.1. The summed E-state index contributed by atoms with van der Waals surface area (Å²) in [7, 11) is 0. The van der Waals surface area contributed by atoms with E-state index in [0.717, 1.165) is 18.5 Å². The van der Waals surface area contributed by atoms with Crippen LogP contribution in [0.3, 0.4) is 0 Å². The fourth-order valence-electron chi connectivity index (χ4n) is 1.31. The van der Waals surface area contributed by atoms with Crippen molar-refractivity contribution in [3.63, 3.8) is 0 Å². The van der Waals surface area contributed by atoms with Gasteiger partial charge in [0.25, 0.3) is 0 Å². The lowest BCUT2D eigenvalue weighted by Gasteiger charge is -2.01. The summed E-state index contributed by atoms with van der Waals surface area (Å²) in [5, 5.41) is 4.66. The summed E-state index contributed by atoms with van der Waals surface area (Å²) >= 11 is 11.6. The molecule has 0 aromatic carbocycles. The molecule has 0 atom stereocenters. The molecule has 0 fully saturated rings. The van der Waals surface area contributed by atoms with Crippen LogP contribution in [0.15, 0.2) is 6.20 Å². The number of hydrogen-bond donors (Lipinski definition) is 0. The van der Waals surface area contributed by atoms with E-state index < -0.39 is 0 Å². The van der Waals surface area contributed by atoms with Gasteiger partial charge in [-0.15, -0.1) is 0 Å². The lowest BCUT2D eigenvalue weighted by Crippen LogP contribution is -1.99. The van der Waals surface area contributed by atoms with Crippen molar-refractivity contribution >= 4 is 34.2 Å². The minimum atomic E-state index is 0.151. The van der Waals surface area contributed by atoms with Crippen molar-refractivity contribution in [1.29, 1.82) is 0 Å². The van der Waals surface area contributed by atoms with Crippen molar-refractivity contribution in [2.45, 2.75) is 33.7 Å². The number of hydrogen-bond acceptors (Lipinski definition) is 3. The van der Waals surface area contributed by atoms with E-state index in [9.17, 15) is 0 Å². The van der Waals surface area contributed by atoms with Crippen LogP contribution in [0.5, 0.6) is 0 Å². The smallest absolute Gasteiger partial charge is 0.224 e. The Kier molecular flexibility index (Phi) is 4.96. The van der Waals surface area contributed by atoms with E-state index >= 15 is 0 Å². The quantitative estimate of drug-likeness (QED) is 0.613. The number of nitrogens with zero attached hydrogens (tertiary/aromatic N) is 4. The molecule has 2 aromatic rings. The predicted octanol–water partition coefficient (Wildman–Crippen LogP) is 3.57. The SMILES string of the molecule is CC.CCCn1ncc2nc(Cl)nc(Cl)c21. The van der Waals surface area contributed by atoms with Crippen LogP contribution in [-0.4, -0.2) is 19.7 Å². The topological polar surface area (TPSA) is 43.6 Å². The van der Waals surface area contributed by atoms with Crippen molar-refractivity contribution in [2.24, 2.45) is 0 Å². The van der Waals surface area contributed by atoms with Gasteiger partial charge < -0.3 is 0 Å². The molecule has 0 unspecified atom stereocenters. The van der Waals surface area contributed by atoms with Crippen LogP contribution in [0.2, 0.25) is 10.4 Å². The molecule has 4 nitrogen and oxygen atoms in total. The van der Waals surface area contributed by atoms with Gasteiger partial charge >= 0.3 is 0 Å². The summed E-state index contributed by atoms with van der Waals surface area (Å²) in [6.45, 7) is 6.87. The first-order valence-corrected chi connectivity index (χ1v) is 6.02. The van der Waals surface area contributed by atoms with Crippen LogP contribution < -0.4 is 0 Å². The molecule has 0 spiro atoms. The molecule has 0 N–H and O–H groups in total. The average molecular weight is 261 g/mol. The molecule has 16 heavy (non-hydrogen) atoms. The Balaban J connectivity index is 0.000000606. The van der Waals surface area contributed by atoms with Crippen molar-refractivity contribution in [3.05, 3.63) is 16.6 Å². The molecule has 6 heteroatoms. The first kappa shape index (κ1) is 13.2. The van der Waals surface area contributed by atoms with E-state index in [1.165, 1.54) is 0 Å². The fraction of sp³-hybridized carbons (Fsp3) is 0.500. The highest BCUT2D eigenvalue weighted by molar-refractivity contribution is 6.35. The van der Waals surface area contributed by atoms with E-state index in [1.807, 2.05) is 13.8 Å². The molecule has 0 aliphatic heterocycles. The second kappa shape index (κ2) is 6.01. The van der Waals surface area contributed by atoms with Crippen LogP contribution in [0.4, 0.5) is 0 Å². The summed E-state index contributed by atoms with van der Waals surface area (Å²) in [6.07, 6.45) is 2.63. The van der Waals surface area contributed by atoms with E-state index in [4.69, 9.17) is 23.2 Å². The Morgan fingerprint density at radius 3 is 2.56 bits per heavy atom. The number of aryl methyl sites for hydroxylation is 1. The molecule has 0 radical (unpaired) electrons. The molecule has 0 amide bonds. The minimum absolute atomic E-state index is 0.151. The van der Waals surface area contributed by atoms with Crippen LogP contribution in [-0.2, 0) is 6.54 Å². The van der Waals surface area contributed by atoms with Crippen LogP contribution in [0, 0.1) is 0 Å². The minimum Gasteiger partial charge on any atom is -0.260 e. The van der Waals surface area contributed by atoms with Gasteiger partial charge in [0, 0.05) is 6.54 Å². The average Bonchev–Trinajstić information content (AvgIpc) is 2.65. The van der Waals surface area contributed by atoms with Gasteiger partial charge in [-0.05, 0) is 18.0 Å². The third-order valence-electron chi connectivity index (χ3n) is 1.85. The van der Waals surface area contributed by atoms with Gasteiger partial charge in [0.2, 0.25) is 5.28 Å². The first-order chi connectivity index (χ1) is 7.72. The Bertz CT molecular complexity index is 467. The Hall–Kier alpha value is -0.870. The lowest BCUT2D eigenvalue weighted by molar-refractivity contribution is 0.622. The van der Waals surface area contributed by atoms with Crippen molar-refractivity contribution in [1.82, 2.24) is 19.7 Å². The summed E-state index contributed by atoms with van der Waals surface area (Å²) in [5.41, 5.74) is 1.43. The molecule has 0 saturated carbocycles. The zero-order valence-electron chi connectivity index (χ0n) is 9.54. The second-order valence-corrected chi connectivity index (χ2v) is 3.58. The number of rotatable bonds is 2. The Morgan fingerprint density at radius 1 is 1.25 bits per heavy atom. The maximum absolute atomic E-state index is 5.95. The number of fused-ring (bicyclic) bond motifs is 1. The highest BCUT2D eigenvalue weighted by Gasteiger charge is 2.10. The summed E-state index contributed by atoms with van der Waals surface area (Å²) < 4.78 is 1.79. The van der Waals surface area contributed by atoms with Gasteiger partial charge in [-0.1, -0.05) is 32.4 Å². The Labute approximate surface area is 105 Å². The van der Waals surface area contributed by atoms with E-state index in [1.54, 1.807) is 10.9 Å². The van der Waals surface area contributed by atoms with Gasteiger partial charge in [0.1, 0.15) is 11.0 Å². The third-order valence-corrected chi connectivity index (χ3v) is 2.29. The molecule has 2 aromatic heterocycles. The van der Waals surface area contributed by atoms with Gasteiger partial charge in [-0.3, -0.25) is 4.68 Å². The van der Waals surface area contributed by atoms with E-state index in [-0.39, 0.29) is 5.28 Å². The lowest BCUT2D eigenvalue weighted by atomic mass is 10.4.